The van der Waals surface area contributed by atoms with Gasteiger partial charge < -0.3 is 14.9 Å². The maximum atomic E-state index is 13.3. The van der Waals surface area contributed by atoms with Crippen molar-refractivity contribution in [1.82, 2.24) is 4.90 Å². The molecule has 1 amide bonds. The van der Waals surface area contributed by atoms with E-state index in [9.17, 15) is 23.1 Å². The van der Waals surface area contributed by atoms with Crippen molar-refractivity contribution in [2.75, 3.05) is 31.1 Å². The van der Waals surface area contributed by atoms with E-state index in [0.29, 0.717) is 6.54 Å². The Bertz CT molecular complexity index is 952. The molecule has 0 bridgehead atoms. The van der Waals surface area contributed by atoms with Gasteiger partial charge in [-0.1, -0.05) is 29.8 Å². The number of anilines is 1. The molecule has 1 saturated heterocycles. The maximum absolute atomic E-state index is 13.3. The van der Waals surface area contributed by atoms with Crippen LogP contribution in [0.4, 0.5) is 18.9 Å². The van der Waals surface area contributed by atoms with Crippen molar-refractivity contribution < 1.29 is 23.1 Å². The van der Waals surface area contributed by atoms with Gasteiger partial charge in [-0.15, -0.1) is 0 Å². The minimum absolute atomic E-state index is 0.0900. The lowest BCUT2D eigenvalue weighted by atomic mass is 10.0. The van der Waals surface area contributed by atoms with E-state index >= 15 is 0 Å². The van der Waals surface area contributed by atoms with Crippen LogP contribution in [0.2, 0.25) is 0 Å². The fourth-order valence-corrected chi connectivity index (χ4v) is 3.61. The molecule has 0 aliphatic carbocycles. The zero-order valence-electron chi connectivity index (χ0n) is 16.5. The molecule has 1 heterocycles. The first-order chi connectivity index (χ1) is 14.2. The number of nitrogens with zero attached hydrogens (tertiary/aromatic N) is 3. The molecule has 2 aromatic rings. The van der Waals surface area contributed by atoms with Crippen LogP contribution < -0.4 is 4.90 Å². The van der Waals surface area contributed by atoms with Crippen LogP contribution in [0, 0.1) is 18.3 Å². The monoisotopic (exact) mass is 417 g/mol. The van der Waals surface area contributed by atoms with E-state index in [1.165, 1.54) is 6.07 Å². The molecule has 5 nitrogen and oxygen atoms in total. The van der Waals surface area contributed by atoms with Gasteiger partial charge in [-0.2, -0.15) is 18.4 Å². The van der Waals surface area contributed by atoms with E-state index in [0.717, 1.165) is 23.3 Å². The summed E-state index contributed by atoms with van der Waals surface area (Å²) in [6, 6.07) is 12.2. The van der Waals surface area contributed by atoms with Crippen LogP contribution in [0.1, 0.15) is 22.3 Å². The van der Waals surface area contributed by atoms with Gasteiger partial charge in [0.1, 0.15) is 0 Å². The molecule has 1 fully saturated rings. The highest BCUT2D eigenvalue weighted by atomic mass is 19.4. The highest BCUT2D eigenvalue weighted by molar-refractivity contribution is 5.79. The topological polar surface area (TPSA) is 67.6 Å². The van der Waals surface area contributed by atoms with Crippen LogP contribution in [-0.2, 0) is 17.4 Å². The van der Waals surface area contributed by atoms with E-state index in [-0.39, 0.29) is 37.7 Å². The van der Waals surface area contributed by atoms with Gasteiger partial charge in [-0.3, -0.25) is 4.79 Å². The van der Waals surface area contributed by atoms with Crippen molar-refractivity contribution in [2.45, 2.75) is 25.6 Å². The number of amides is 1. The van der Waals surface area contributed by atoms with E-state index < -0.39 is 23.3 Å². The second-order valence-electron chi connectivity index (χ2n) is 7.37. The molecule has 1 atom stereocenters. The molecule has 1 aliphatic rings. The molecule has 0 spiro atoms. The quantitative estimate of drug-likeness (QED) is 0.830. The summed E-state index contributed by atoms with van der Waals surface area (Å²) in [4.78, 5) is 16.0. The molecule has 0 radical (unpaired) electrons. The Labute approximate surface area is 172 Å². The average Bonchev–Trinajstić information content (AvgIpc) is 2.73. The molecule has 2 aromatic carbocycles. The van der Waals surface area contributed by atoms with Crippen molar-refractivity contribution in [2.24, 2.45) is 0 Å². The average molecular weight is 417 g/mol. The summed E-state index contributed by atoms with van der Waals surface area (Å²) in [7, 11) is 0. The summed E-state index contributed by atoms with van der Waals surface area (Å²) in [6.45, 7) is 2.48. The molecular formula is C22H22F3N3O2. The zero-order chi connectivity index (χ0) is 21.9. The predicted molar refractivity (Wildman–Crippen MR) is 106 cm³/mol. The fraction of sp³-hybridized carbons (Fsp3) is 0.364. The highest BCUT2D eigenvalue weighted by Crippen LogP contribution is 2.35. The lowest BCUT2D eigenvalue weighted by Gasteiger charge is -2.42. The van der Waals surface area contributed by atoms with Crippen LogP contribution in [0.15, 0.2) is 42.5 Å². The van der Waals surface area contributed by atoms with Crippen LogP contribution in [-0.4, -0.2) is 48.2 Å². The van der Waals surface area contributed by atoms with E-state index in [4.69, 9.17) is 5.26 Å². The zero-order valence-corrected chi connectivity index (χ0v) is 16.5. The standard InChI is InChI=1S/C22H22F3N3O2/c1-15-2-4-16(5-3-15)10-21(30)27-8-9-28(19(13-27)14-29)18-7-6-17(12-26)20(11-18)22(23,24)25/h2-7,11,19,29H,8-10,13-14H2,1H3. The predicted octanol–water partition coefficient (Wildman–Crippen LogP) is 3.14. The number of alkyl halides is 3. The summed E-state index contributed by atoms with van der Waals surface area (Å²) in [6.07, 6.45) is -4.42. The Morgan fingerprint density at radius 1 is 1.20 bits per heavy atom. The Hall–Kier alpha value is -3.05. The summed E-state index contributed by atoms with van der Waals surface area (Å²) in [5.41, 5.74) is 0.804. The Kier molecular flexibility index (Phi) is 6.32. The number of hydrogen-bond donors (Lipinski definition) is 1. The SMILES string of the molecule is Cc1ccc(CC(=O)N2CCN(c3ccc(C#N)c(C(F)(F)F)c3)C(CO)C2)cc1. The van der Waals surface area contributed by atoms with E-state index in [2.05, 4.69) is 0 Å². The number of nitriles is 1. The normalized spacial score (nSPS) is 17.0. The van der Waals surface area contributed by atoms with Crippen LogP contribution >= 0.6 is 0 Å². The molecule has 30 heavy (non-hydrogen) atoms. The number of aliphatic hydroxyl groups is 1. The van der Waals surface area contributed by atoms with Gasteiger partial charge in [0.25, 0.3) is 0 Å². The number of aryl methyl sites for hydroxylation is 1. The fourth-order valence-electron chi connectivity index (χ4n) is 3.61. The Morgan fingerprint density at radius 3 is 2.50 bits per heavy atom. The lowest BCUT2D eigenvalue weighted by Crippen LogP contribution is -2.56. The number of benzene rings is 2. The number of carbonyl (C=O) groups excluding carboxylic acids is 1. The smallest absolute Gasteiger partial charge is 0.394 e. The van der Waals surface area contributed by atoms with E-state index in [1.54, 1.807) is 15.9 Å². The number of aliphatic hydroxyl groups excluding tert-OH is 1. The number of rotatable bonds is 4. The third-order valence-electron chi connectivity index (χ3n) is 5.28. The Balaban J connectivity index is 1.75. The number of carbonyl (C=O) groups is 1. The van der Waals surface area contributed by atoms with Crippen molar-refractivity contribution in [3.05, 3.63) is 64.7 Å². The molecule has 158 valence electrons. The van der Waals surface area contributed by atoms with Crippen molar-refractivity contribution in [3.63, 3.8) is 0 Å². The van der Waals surface area contributed by atoms with Gasteiger partial charge in [0.05, 0.1) is 36.3 Å². The summed E-state index contributed by atoms with van der Waals surface area (Å²) in [5.74, 6) is -0.0900. The van der Waals surface area contributed by atoms with Gasteiger partial charge in [-0.05, 0) is 30.7 Å². The molecular weight excluding hydrogens is 395 g/mol. The molecule has 1 unspecified atom stereocenters. The number of piperazine rings is 1. The summed E-state index contributed by atoms with van der Waals surface area (Å²) in [5, 5.41) is 18.8. The molecule has 1 aliphatic heterocycles. The molecule has 0 aromatic heterocycles. The molecule has 0 saturated carbocycles. The van der Waals surface area contributed by atoms with Crippen molar-refractivity contribution in [3.8, 4) is 6.07 Å². The van der Waals surface area contributed by atoms with Crippen LogP contribution in [0.25, 0.3) is 0 Å². The first-order valence-electron chi connectivity index (χ1n) is 9.55. The molecule has 1 N–H and O–H groups in total. The summed E-state index contributed by atoms with van der Waals surface area (Å²) < 4.78 is 39.9. The second kappa shape index (κ2) is 8.76. The largest absolute Gasteiger partial charge is 0.417 e. The third-order valence-corrected chi connectivity index (χ3v) is 5.28. The third kappa shape index (κ3) is 4.74. The number of hydrogen-bond acceptors (Lipinski definition) is 4. The second-order valence-corrected chi connectivity index (χ2v) is 7.37. The maximum Gasteiger partial charge on any atom is 0.417 e. The number of halogens is 3. The molecule has 3 rings (SSSR count). The van der Waals surface area contributed by atoms with Crippen LogP contribution in [0.5, 0.6) is 0 Å². The minimum atomic E-state index is -4.65. The van der Waals surface area contributed by atoms with Gasteiger partial charge in [0, 0.05) is 25.3 Å². The lowest BCUT2D eigenvalue weighted by molar-refractivity contribution is -0.137. The van der Waals surface area contributed by atoms with Gasteiger partial charge >= 0.3 is 6.18 Å². The Morgan fingerprint density at radius 2 is 1.90 bits per heavy atom. The van der Waals surface area contributed by atoms with Gasteiger partial charge in [-0.25, -0.2) is 0 Å². The van der Waals surface area contributed by atoms with Crippen molar-refractivity contribution in [1.29, 1.82) is 5.26 Å². The van der Waals surface area contributed by atoms with Crippen LogP contribution in [0.3, 0.4) is 0 Å². The minimum Gasteiger partial charge on any atom is -0.394 e. The first-order valence-corrected chi connectivity index (χ1v) is 9.55. The highest BCUT2D eigenvalue weighted by Gasteiger charge is 2.36. The first kappa shape index (κ1) is 21.7. The summed E-state index contributed by atoms with van der Waals surface area (Å²) >= 11 is 0. The van der Waals surface area contributed by atoms with E-state index in [1.807, 2.05) is 31.2 Å². The van der Waals surface area contributed by atoms with Crippen molar-refractivity contribution >= 4 is 11.6 Å². The molecule has 8 heteroatoms. The van der Waals surface area contributed by atoms with Gasteiger partial charge in [0.2, 0.25) is 5.91 Å². The van der Waals surface area contributed by atoms with Gasteiger partial charge in [0.15, 0.2) is 0 Å².